The van der Waals surface area contributed by atoms with E-state index in [1.807, 2.05) is 13.8 Å². The SMILES string of the molecule is C=CCN(CC(=O)OCC)C(=O)N(CC)CC. The summed E-state index contributed by atoms with van der Waals surface area (Å²) in [5, 5.41) is 0. The first-order chi connectivity index (χ1) is 8.10. The molecule has 5 nitrogen and oxygen atoms in total. The van der Waals surface area contributed by atoms with Crippen molar-refractivity contribution in [3.8, 4) is 0 Å². The van der Waals surface area contributed by atoms with E-state index in [1.165, 1.54) is 4.90 Å². The molecule has 5 heteroatoms. The highest BCUT2D eigenvalue weighted by molar-refractivity contribution is 5.81. The number of ether oxygens (including phenoxy) is 1. The zero-order valence-corrected chi connectivity index (χ0v) is 10.9. The lowest BCUT2D eigenvalue weighted by molar-refractivity contribution is -0.143. The van der Waals surface area contributed by atoms with E-state index in [0.717, 1.165) is 0 Å². The number of esters is 1. The number of hydrogen-bond acceptors (Lipinski definition) is 3. The molecule has 0 rings (SSSR count). The summed E-state index contributed by atoms with van der Waals surface area (Å²) in [6.45, 7) is 11.0. The maximum absolute atomic E-state index is 12.0. The van der Waals surface area contributed by atoms with Crippen LogP contribution in [0.4, 0.5) is 4.79 Å². The van der Waals surface area contributed by atoms with Crippen LogP contribution in [-0.4, -0.2) is 54.6 Å². The maximum atomic E-state index is 12.0. The summed E-state index contributed by atoms with van der Waals surface area (Å²) in [5.41, 5.74) is 0. The van der Waals surface area contributed by atoms with Crippen LogP contribution >= 0.6 is 0 Å². The van der Waals surface area contributed by atoms with Crippen LogP contribution in [0.25, 0.3) is 0 Å². The highest BCUT2D eigenvalue weighted by Crippen LogP contribution is 2.00. The van der Waals surface area contributed by atoms with Crippen molar-refractivity contribution < 1.29 is 14.3 Å². The average molecular weight is 242 g/mol. The van der Waals surface area contributed by atoms with E-state index >= 15 is 0 Å². The maximum Gasteiger partial charge on any atom is 0.325 e. The van der Waals surface area contributed by atoms with E-state index in [4.69, 9.17) is 4.74 Å². The normalized spacial score (nSPS) is 9.59. The Labute approximate surface area is 103 Å². The quantitative estimate of drug-likeness (QED) is 0.502. The predicted molar refractivity (Wildman–Crippen MR) is 66.7 cm³/mol. The first-order valence-corrected chi connectivity index (χ1v) is 5.90. The monoisotopic (exact) mass is 242 g/mol. The van der Waals surface area contributed by atoms with Gasteiger partial charge in [0.2, 0.25) is 0 Å². The van der Waals surface area contributed by atoms with Crippen molar-refractivity contribution in [3.05, 3.63) is 12.7 Å². The predicted octanol–water partition coefficient (Wildman–Crippen LogP) is 1.50. The molecule has 98 valence electrons. The van der Waals surface area contributed by atoms with Gasteiger partial charge in [-0.15, -0.1) is 6.58 Å². The van der Waals surface area contributed by atoms with Crippen molar-refractivity contribution in [2.45, 2.75) is 20.8 Å². The number of rotatable bonds is 7. The van der Waals surface area contributed by atoms with Gasteiger partial charge in [0.05, 0.1) is 6.61 Å². The second-order valence-electron chi connectivity index (χ2n) is 3.43. The topological polar surface area (TPSA) is 49.9 Å². The smallest absolute Gasteiger partial charge is 0.325 e. The average Bonchev–Trinajstić information content (AvgIpc) is 2.30. The minimum absolute atomic E-state index is 0.0325. The Morgan fingerprint density at radius 1 is 1.18 bits per heavy atom. The molecule has 0 aromatic heterocycles. The summed E-state index contributed by atoms with van der Waals surface area (Å²) in [6, 6.07) is -0.164. The Morgan fingerprint density at radius 2 is 1.76 bits per heavy atom. The number of nitrogens with zero attached hydrogens (tertiary/aromatic N) is 2. The molecular weight excluding hydrogens is 220 g/mol. The molecule has 0 aliphatic heterocycles. The van der Waals surface area contributed by atoms with Gasteiger partial charge in [-0.25, -0.2) is 4.79 Å². The lowest BCUT2D eigenvalue weighted by atomic mass is 10.4. The highest BCUT2D eigenvalue weighted by Gasteiger charge is 2.20. The van der Waals surface area contributed by atoms with E-state index in [0.29, 0.717) is 26.2 Å². The molecule has 0 unspecified atom stereocenters. The van der Waals surface area contributed by atoms with Gasteiger partial charge in [-0.3, -0.25) is 4.79 Å². The third-order valence-electron chi connectivity index (χ3n) is 2.28. The molecule has 2 amide bonds. The van der Waals surface area contributed by atoms with Crippen molar-refractivity contribution in [2.75, 3.05) is 32.8 Å². The zero-order valence-electron chi connectivity index (χ0n) is 10.9. The fraction of sp³-hybridized carbons (Fsp3) is 0.667. The molecule has 0 bridgehead atoms. The summed E-state index contributed by atoms with van der Waals surface area (Å²) in [5.74, 6) is -0.394. The number of amides is 2. The van der Waals surface area contributed by atoms with Crippen LogP contribution < -0.4 is 0 Å². The van der Waals surface area contributed by atoms with Crippen molar-refractivity contribution in [2.24, 2.45) is 0 Å². The van der Waals surface area contributed by atoms with Crippen LogP contribution in [0.15, 0.2) is 12.7 Å². The summed E-state index contributed by atoms with van der Waals surface area (Å²) in [7, 11) is 0. The minimum atomic E-state index is -0.394. The van der Waals surface area contributed by atoms with Gasteiger partial charge >= 0.3 is 12.0 Å². The Morgan fingerprint density at radius 3 is 2.18 bits per heavy atom. The van der Waals surface area contributed by atoms with Crippen LogP contribution in [0.1, 0.15) is 20.8 Å². The summed E-state index contributed by atoms with van der Waals surface area (Å²) < 4.78 is 4.83. The van der Waals surface area contributed by atoms with Crippen LogP contribution in [0.2, 0.25) is 0 Å². The van der Waals surface area contributed by atoms with E-state index in [9.17, 15) is 9.59 Å². The van der Waals surface area contributed by atoms with Gasteiger partial charge in [-0.2, -0.15) is 0 Å². The molecule has 0 fully saturated rings. The van der Waals surface area contributed by atoms with Crippen molar-refractivity contribution in [1.82, 2.24) is 9.80 Å². The molecule has 17 heavy (non-hydrogen) atoms. The highest BCUT2D eigenvalue weighted by atomic mass is 16.5. The van der Waals surface area contributed by atoms with Crippen LogP contribution in [0.5, 0.6) is 0 Å². The third-order valence-corrected chi connectivity index (χ3v) is 2.28. The largest absolute Gasteiger partial charge is 0.465 e. The number of carbonyl (C=O) groups is 2. The molecule has 0 atom stereocenters. The van der Waals surface area contributed by atoms with Crippen LogP contribution in [0.3, 0.4) is 0 Å². The Bertz CT molecular complexity index is 262. The lowest BCUT2D eigenvalue weighted by Gasteiger charge is -2.27. The molecule has 0 N–H and O–H groups in total. The van der Waals surface area contributed by atoms with Gasteiger partial charge in [-0.1, -0.05) is 6.08 Å². The standard InChI is InChI=1S/C12H22N2O3/c1-5-9-14(10-11(15)17-8-4)12(16)13(6-2)7-3/h5H,1,6-10H2,2-4H3. The Balaban J connectivity index is 4.54. The second-order valence-corrected chi connectivity index (χ2v) is 3.43. The Hall–Kier alpha value is -1.52. The molecule has 0 heterocycles. The summed E-state index contributed by atoms with van der Waals surface area (Å²) in [4.78, 5) is 26.5. The van der Waals surface area contributed by atoms with Crippen molar-refractivity contribution in [1.29, 1.82) is 0 Å². The fourth-order valence-corrected chi connectivity index (χ4v) is 1.42. The van der Waals surface area contributed by atoms with Crippen LogP contribution in [0, 0.1) is 0 Å². The Kier molecular flexibility index (Phi) is 7.84. The minimum Gasteiger partial charge on any atom is -0.465 e. The number of carbonyl (C=O) groups excluding carboxylic acids is 2. The molecular formula is C12H22N2O3. The molecule has 0 saturated heterocycles. The molecule has 0 aromatic carbocycles. The van der Waals surface area contributed by atoms with Gasteiger partial charge in [0.15, 0.2) is 0 Å². The molecule has 0 radical (unpaired) electrons. The van der Waals surface area contributed by atoms with Crippen molar-refractivity contribution >= 4 is 12.0 Å². The van der Waals surface area contributed by atoms with Gasteiger partial charge in [0.25, 0.3) is 0 Å². The van der Waals surface area contributed by atoms with Crippen molar-refractivity contribution in [3.63, 3.8) is 0 Å². The molecule has 0 aromatic rings. The van der Waals surface area contributed by atoms with E-state index in [1.54, 1.807) is 17.9 Å². The van der Waals surface area contributed by atoms with Gasteiger partial charge in [0, 0.05) is 19.6 Å². The second kappa shape index (κ2) is 8.61. The van der Waals surface area contributed by atoms with E-state index in [-0.39, 0.29) is 12.6 Å². The number of hydrogen-bond donors (Lipinski definition) is 0. The zero-order chi connectivity index (χ0) is 13.3. The summed E-state index contributed by atoms with van der Waals surface area (Å²) >= 11 is 0. The van der Waals surface area contributed by atoms with Gasteiger partial charge < -0.3 is 14.5 Å². The number of urea groups is 1. The fourth-order valence-electron chi connectivity index (χ4n) is 1.42. The van der Waals surface area contributed by atoms with E-state index < -0.39 is 5.97 Å². The molecule has 0 saturated carbocycles. The molecule has 0 spiro atoms. The lowest BCUT2D eigenvalue weighted by Crippen LogP contribution is -2.45. The van der Waals surface area contributed by atoms with Gasteiger partial charge in [0.1, 0.15) is 6.54 Å². The molecule has 0 aliphatic rings. The third kappa shape index (κ3) is 5.38. The van der Waals surface area contributed by atoms with E-state index in [2.05, 4.69) is 6.58 Å². The first kappa shape index (κ1) is 15.5. The van der Waals surface area contributed by atoms with Gasteiger partial charge in [-0.05, 0) is 20.8 Å². The first-order valence-electron chi connectivity index (χ1n) is 5.90. The molecule has 0 aliphatic carbocycles. The summed E-state index contributed by atoms with van der Waals surface area (Å²) in [6.07, 6.45) is 1.60. The van der Waals surface area contributed by atoms with Crippen LogP contribution in [-0.2, 0) is 9.53 Å².